The van der Waals surface area contributed by atoms with Gasteiger partial charge in [-0.05, 0) is 13.3 Å². The molecule has 1 saturated heterocycles. The predicted molar refractivity (Wildman–Crippen MR) is 62.8 cm³/mol. The van der Waals surface area contributed by atoms with Crippen LogP contribution in [0, 0.1) is 11.3 Å². The topological polar surface area (TPSA) is 47.3 Å². The zero-order valence-corrected chi connectivity index (χ0v) is 10.3. The van der Waals surface area contributed by atoms with E-state index in [2.05, 4.69) is 17.9 Å². The first-order valence-electron chi connectivity index (χ1n) is 6.10. The maximum absolute atomic E-state index is 11.7. The number of nitriles is 1. The van der Waals surface area contributed by atoms with Gasteiger partial charge >= 0.3 is 0 Å². The van der Waals surface area contributed by atoms with Crippen molar-refractivity contribution in [1.82, 2.24) is 9.80 Å². The quantitative estimate of drug-likeness (QED) is 0.720. The second kappa shape index (κ2) is 6.49. The fraction of sp³-hybridized carbons (Fsp3) is 0.833. The normalized spacial score (nSPS) is 19.2. The van der Waals surface area contributed by atoms with E-state index >= 15 is 0 Å². The van der Waals surface area contributed by atoms with Crippen molar-refractivity contribution in [3.8, 4) is 6.07 Å². The third-order valence-corrected chi connectivity index (χ3v) is 3.15. The third-order valence-electron chi connectivity index (χ3n) is 3.15. The zero-order chi connectivity index (χ0) is 12.0. The van der Waals surface area contributed by atoms with Crippen LogP contribution in [0.2, 0.25) is 0 Å². The molecule has 0 aliphatic carbocycles. The van der Waals surface area contributed by atoms with E-state index in [4.69, 9.17) is 5.26 Å². The molecule has 0 spiro atoms. The fourth-order valence-electron chi connectivity index (χ4n) is 1.93. The van der Waals surface area contributed by atoms with Crippen LogP contribution in [0.15, 0.2) is 0 Å². The van der Waals surface area contributed by atoms with Gasteiger partial charge in [-0.25, -0.2) is 0 Å². The van der Waals surface area contributed by atoms with Crippen molar-refractivity contribution in [2.24, 2.45) is 0 Å². The Balaban J connectivity index is 2.32. The van der Waals surface area contributed by atoms with Crippen LogP contribution >= 0.6 is 0 Å². The van der Waals surface area contributed by atoms with Crippen molar-refractivity contribution in [3.05, 3.63) is 0 Å². The average molecular weight is 223 g/mol. The highest BCUT2D eigenvalue weighted by molar-refractivity contribution is 5.76. The van der Waals surface area contributed by atoms with Gasteiger partial charge in [-0.3, -0.25) is 9.69 Å². The van der Waals surface area contributed by atoms with Crippen molar-refractivity contribution >= 4 is 5.91 Å². The summed E-state index contributed by atoms with van der Waals surface area (Å²) >= 11 is 0. The van der Waals surface area contributed by atoms with Gasteiger partial charge in [0.05, 0.1) is 12.1 Å². The number of rotatable bonds is 4. The monoisotopic (exact) mass is 223 g/mol. The maximum atomic E-state index is 11.7. The minimum absolute atomic E-state index is 0.0344. The Morgan fingerprint density at radius 2 is 2.00 bits per heavy atom. The van der Waals surface area contributed by atoms with Crippen LogP contribution in [-0.4, -0.2) is 47.9 Å². The highest BCUT2D eigenvalue weighted by Gasteiger charge is 2.23. The number of nitrogens with zero attached hydrogens (tertiary/aromatic N) is 3. The highest BCUT2D eigenvalue weighted by Crippen LogP contribution is 2.08. The molecule has 4 heteroatoms. The molecule has 1 unspecified atom stereocenters. The first-order chi connectivity index (χ1) is 7.69. The van der Waals surface area contributed by atoms with Gasteiger partial charge in [0.1, 0.15) is 0 Å². The van der Waals surface area contributed by atoms with E-state index < -0.39 is 0 Å². The number of piperazine rings is 1. The minimum atomic E-state index is -0.0344. The average Bonchev–Trinajstić information content (AvgIpc) is 2.35. The van der Waals surface area contributed by atoms with Gasteiger partial charge in [0.2, 0.25) is 5.91 Å². The van der Waals surface area contributed by atoms with Gasteiger partial charge in [-0.15, -0.1) is 0 Å². The molecule has 1 aliphatic rings. The third kappa shape index (κ3) is 3.49. The molecular weight excluding hydrogens is 202 g/mol. The molecular formula is C12H21N3O. The summed E-state index contributed by atoms with van der Waals surface area (Å²) in [4.78, 5) is 15.8. The molecule has 1 atom stereocenters. The molecule has 1 aliphatic heterocycles. The fourth-order valence-corrected chi connectivity index (χ4v) is 1.93. The molecule has 0 radical (unpaired) electrons. The molecule has 90 valence electrons. The van der Waals surface area contributed by atoms with Crippen LogP contribution in [-0.2, 0) is 4.79 Å². The van der Waals surface area contributed by atoms with E-state index in [1.807, 2.05) is 11.8 Å². The minimum Gasteiger partial charge on any atom is -0.340 e. The largest absolute Gasteiger partial charge is 0.340 e. The Hall–Kier alpha value is -1.08. The summed E-state index contributed by atoms with van der Waals surface area (Å²) < 4.78 is 0. The molecule has 4 nitrogen and oxygen atoms in total. The standard InChI is InChI=1S/C12H21N3O/c1-3-4-5-12(16)15-8-6-14(7-9-15)11(2)10-13/h11H,3-9H2,1-2H3. The Morgan fingerprint density at radius 1 is 1.38 bits per heavy atom. The molecule has 16 heavy (non-hydrogen) atoms. The summed E-state index contributed by atoms with van der Waals surface area (Å²) in [7, 11) is 0. The summed E-state index contributed by atoms with van der Waals surface area (Å²) in [5.74, 6) is 0.270. The zero-order valence-electron chi connectivity index (χ0n) is 10.3. The Bertz CT molecular complexity index is 264. The van der Waals surface area contributed by atoms with Gasteiger partial charge < -0.3 is 4.90 Å². The molecule has 0 aromatic carbocycles. The Kier molecular flexibility index (Phi) is 5.27. The molecule has 0 N–H and O–H groups in total. The van der Waals surface area contributed by atoms with E-state index in [0.29, 0.717) is 6.42 Å². The van der Waals surface area contributed by atoms with Crippen molar-refractivity contribution in [2.75, 3.05) is 26.2 Å². The summed E-state index contributed by atoms with van der Waals surface area (Å²) in [5, 5.41) is 8.81. The van der Waals surface area contributed by atoms with E-state index in [1.54, 1.807) is 0 Å². The van der Waals surface area contributed by atoms with Gasteiger partial charge in [0.15, 0.2) is 0 Å². The molecule has 1 fully saturated rings. The Labute approximate surface area is 97.8 Å². The van der Waals surface area contributed by atoms with Crippen LogP contribution in [0.25, 0.3) is 0 Å². The van der Waals surface area contributed by atoms with Gasteiger partial charge in [0.25, 0.3) is 0 Å². The number of carbonyl (C=O) groups is 1. The molecule has 1 rings (SSSR count). The van der Waals surface area contributed by atoms with Crippen LogP contribution in [0.5, 0.6) is 0 Å². The predicted octanol–water partition coefficient (Wildman–Crippen LogP) is 1.23. The van der Waals surface area contributed by atoms with Crippen molar-refractivity contribution < 1.29 is 4.79 Å². The second-order valence-electron chi connectivity index (χ2n) is 4.33. The number of hydrogen-bond acceptors (Lipinski definition) is 3. The van der Waals surface area contributed by atoms with Gasteiger partial charge in [0, 0.05) is 32.6 Å². The maximum Gasteiger partial charge on any atom is 0.222 e. The second-order valence-corrected chi connectivity index (χ2v) is 4.33. The molecule has 0 aromatic rings. The van der Waals surface area contributed by atoms with Gasteiger partial charge in [-0.2, -0.15) is 5.26 Å². The van der Waals surface area contributed by atoms with Crippen LogP contribution in [0.3, 0.4) is 0 Å². The highest BCUT2D eigenvalue weighted by atomic mass is 16.2. The molecule has 1 heterocycles. The molecule has 0 bridgehead atoms. The van der Waals surface area contributed by atoms with Crippen LogP contribution in [0.1, 0.15) is 33.1 Å². The van der Waals surface area contributed by atoms with Crippen molar-refractivity contribution in [3.63, 3.8) is 0 Å². The summed E-state index contributed by atoms with van der Waals surface area (Å²) in [5.41, 5.74) is 0. The van der Waals surface area contributed by atoms with E-state index in [9.17, 15) is 4.79 Å². The number of hydrogen-bond donors (Lipinski definition) is 0. The van der Waals surface area contributed by atoms with E-state index in [-0.39, 0.29) is 11.9 Å². The first-order valence-corrected chi connectivity index (χ1v) is 6.10. The molecule has 1 amide bonds. The molecule has 0 aromatic heterocycles. The summed E-state index contributed by atoms with van der Waals surface area (Å²) in [6.07, 6.45) is 2.72. The van der Waals surface area contributed by atoms with E-state index in [0.717, 1.165) is 39.0 Å². The Morgan fingerprint density at radius 3 is 2.50 bits per heavy atom. The lowest BCUT2D eigenvalue weighted by Gasteiger charge is -2.35. The van der Waals surface area contributed by atoms with Crippen LogP contribution < -0.4 is 0 Å². The lowest BCUT2D eigenvalue weighted by molar-refractivity contribution is -0.133. The first kappa shape index (κ1) is 13.0. The van der Waals surface area contributed by atoms with Crippen molar-refractivity contribution in [2.45, 2.75) is 39.2 Å². The van der Waals surface area contributed by atoms with Gasteiger partial charge in [-0.1, -0.05) is 13.3 Å². The van der Waals surface area contributed by atoms with Crippen LogP contribution in [0.4, 0.5) is 0 Å². The number of unbranched alkanes of at least 4 members (excludes halogenated alkanes) is 1. The molecule has 0 saturated carbocycles. The lowest BCUT2D eigenvalue weighted by atomic mass is 10.2. The summed E-state index contributed by atoms with van der Waals surface area (Å²) in [6, 6.07) is 2.20. The number of amides is 1. The lowest BCUT2D eigenvalue weighted by Crippen LogP contribution is -2.51. The van der Waals surface area contributed by atoms with Crippen molar-refractivity contribution in [1.29, 1.82) is 5.26 Å². The number of carbonyl (C=O) groups excluding carboxylic acids is 1. The SMILES string of the molecule is CCCCC(=O)N1CCN(C(C)C#N)CC1. The summed E-state index contributed by atoms with van der Waals surface area (Å²) in [6.45, 7) is 7.21. The van der Waals surface area contributed by atoms with E-state index in [1.165, 1.54) is 0 Å². The smallest absolute Gasteiger partial charge is 0.222 e.